The summed E-state index contributed by atoms with van der Waals surface area (Å²) >= 11 is 0. The lowest BCUT2D eigenvalue weighted by Crippen LogP contribution is -2.55. The molecule has 29 heavy (non-hydrogen) atoms. The molecule has 1 atom stereocenters. The van der Waals surface area contributed by atoms with Gasteiger partial charge in [-0.05, 0) is 75.9 Å². The zero-order valence-electron chi connectivity index (χ0n) is 18.7. The highest BCUT2D eigenvalue weighted by Gasteiger charge is 2.47. The number of allylic oxidation sites excluding steroid dienone is 1. The molecule has 2 aromatic rings. The maximum Gasteiger partial charge on any atom is 0.224 e. The molecule has 2 aliphatic rings. The number of amides is 1. The second-order valence-electron chi connectivity index (χ2n) is 10.1. The van der Waals surface area contributed by atoms with E-state index < -0.39 is 0 Å². The third kappa shape index (κ3) is 3.08. The third-order valence-corrected chi connectivity index (χ3v) is 6.56. The van der Waals surface area contributed by atoms with Crippen LogP contribution in [0.2, 0.25) is 0 Å². The van der Waals surface area contributed by atoms with E-state index in [0.29, 0.717) is 0 Å². The number of rotatable bonds is 1. The van der Waals surface area contributed by atoms with Crippen LogP contribution in [0.1, 0.15) is 71.6 Å². The van der Waals surface area contributed by atoms with Crippen molar-refractivity contribution in [2.75, 3.05) is 10.2 Å². The molecule has 1 unspecified atom stereocenters. The molecule has 0 saturated carbocycles. The van der Waals surface area contributed by atoms with Gasteiger partial charge >= 0.3 is 0 Å². The van der Waals surface area contributed by atoms with E-state index in [1.165, 1.54) is 28.0 Å². The van der Waals surface area contributed by atoms with Gasteiger partial charge in [0.25, 0.3) is 0 Å². The molecule has 3 heteroatoms. The SMILES string of the molecule is CC(=O)N1c2ccccc2C(C)(c2ccc3c(c2)C(C)=CC(C)(C)N3)CC1(C)C. The average molecular weight is 389 g/mol. The van der Waals surface area contributed by atoms with E-state index in [-0.39, 0.29) is 22.4 Å². The molecule has 4 rings (SSSR count). The molecule has 0 spiro atoms. The highest BCUT2D eigenvalue weighted by molar-refractivity contribution is 5.95. The molecule has 2 heterocycles. The van der Waals surface area contributed by atoms with E-state index in [1.807, 2.05) is 11.0 Å². The maximum atomic E-state index is 12.5. The quantitative estimate of drug-likeness (QED) is 0.637. The Morgan fingerprint density at radius 2 is 1.72 bits per heavy atom. The molecular weight excluding hydrogens is 356 g/mol. The first-order valence-electron chi connectivity index (χ1n) is 10.5. The van der Waals surface area contributed by atoms with Crippen LogP contribution in [0.4, 0.5) is 11.4 Å². The highest BCUT2D eigenvalue weighted by atomic mass is 16.2. The van der Waals surface area contributed by atoms with Gasteiger partial charge in [0, 0.05) is 34.8 Å². The first-order chi connectivity index (χ1) is 13.4. The summed E-state index contributed by atoms with van der Waals surface area (Å²) in [5.41, 5.74) is 6.84. The summed E-state index contributed by atoms with van der Waals surface area (Å²) in [5, 5.41) is 3.64. The van der Waals surface area contributed by atoms with Crippen molar-refractivity contribution in [2.24, 2.45) is 0 Å². The lowest BCUT2D eigenvalue weighted by atomic mass is 9.65. The van der Waals surface area contributed by atoms with Gasteiger partial charge in [0.05, 0.1) is 5.54 Å². The Labute approximate surface area is 174 Å². The van der Waals surface area contributed by atoms with Crippen LogP contribution in [0.3, 0.4) is 0 Å². The van der Waals surface area contributed by atoms with Crippen molar-refractivity contribution >= 4 is 22.9 Å². The van der Waals surface area contributed by atoms with Crippen LogP contribution in [0.25, 0.3) is 5.57 Å². The van der Waals surface area contributed by atoms with Crippen molar-refractivity contribution < 1.29 is 4.79 Å². The van der Waals surface area contributed by atoms with Gasteiger partial charge in [-0.3, -0.25) is 4.79 Å². The minimum absolute atomic E-state index is 0.0378. The predicted molar refractivity (Wildman–Crippen MR) is 123 cm³/mol. The molecular formula is C26H32N2O. The Morgan fingerprint density at radius 3 is 2.41 bits per heavy atom. The first-order valence-corrected chi connectivity index (χ1v) is 10.5. The summed E-state index contributed by atoms with van der Waals surface area (Å²) in [6.45, 7) is 14.9. The highest BCUT2D eigenvalue weighted by Crippen LogP contribution is 2.51. The zero-order chi connectivity index (χ0) is 21.2. The van der Waals surface area contributed by atoms with Crippen molar-refractivity contribution in [1.29, 1.82) is 0 Å². The van der Waals surface area contributed by atoms with E-state index in [4.69, 9.17) is 0 Å². The molecule has 0 radical (unpaired) electrons. The van der Waals surface area contributed by atoms with Gasteiger partial charge in [-0.25, -0.2) is 0 Å². The summed E-state index contributed by atoms with van der Waals surface area (Å²) in [7, 11) is 0. The molecule has 2 aliphatic heterocycles. The number of benzene rings is 2. The number of nitrogens with zero attached hydrogens (tertiary/aromatic N) is 1. The molecule has 0 bridgehead atoms. The van der Waals surface area contributed by atoms with Crippen LogP contribution in [-0.4, -0.2) is 17.0 Å². The summed E-state index contributed by atoms with van der Waals surface area (Å²) in [4.78, 5) is 14.5. The Morgan fingerprint density at radius 1 is 1.03 bits per heavy atom. The van der Waals surface area contributed by atoms with E-state index in [9.17, 15) is 4.79 Å². The van der Waals surface area contributed by atoms with Gasteiger partial charge in [-0.2, -0.15) is 0 Å². The van der Waals surface area contributed by atoms with Gasteiger partial charge in [-0.15, -0.1) is 0 Å². The summed E-state index contributed by atoms with van der Waals surface area (Å²) in [5.74, 6) is 0.0974. The average Bonchev–Trinajstić information content (AvgIpc) is 2.59. The molecule has 1 amide bonds. The van der Waals surface area contributed by atoms with Crippen molar-refractivity contribution in [3.8, 4) is 0 Å². The summed E-state index contributed by atoms with van der Waals surface area (Å²) < 4.78 is 0. The topological polar surface area (TPSA) is 32.3 Å². The van der Waals surface area contributed by atoms with Crippen molar-refractivity contribution in [3.63, 3.8) is 0 Å². The van der Waals surface area contributed by atoms with Gasteiger partial charge in [0.15, 0.2) is 0 Å². The monoisotopic (exact) mass is 388 g/mol. The van der Waals surface area contributed by atoms with Gasteiger partial charge in [-0.1, -0.05) is 37.3 Å². The number of anilines is 2. The number of carbonyl (C=O) groups excluding carboxylic acids is 1. The van der Waals surface area contributed by atoms with Crippen LogP contribution in [-0.2, 0) is 10.2 Å². The van der Waals surface area contributed by atoms with E-state index in [0.717, 1.165) is 12.1 Å². The molecule has 0 aromatic heterocycles. The standard InChI is InChI=1S/C26H32N2O/c1-17-15-24(3,4)27-22-13-12-19(14-20(17)22)26(7)16-25(5,6)28(18(2)29)23-11-9-8-10-21(23)26/h8-15,27H,16H2,1-7H3. The van der Waals surface area contributed by atoms with Crippen LogP contribution >= 0.6 is 0 Å². The molecule has 0 aliphatic carbocycles. The van der Waals surface area contributed by atoms with E-state index in [1.54, 1.807) is 6.92 Å². The fourth-order valence-electron chi connectivity index (χ4n) is 5.68. The van der Waals surface area contributed by atoms with E-state index >= 15 is 0 Å². The van der Waals surface area contributed by atoms with E-state index in [2.05, 4.69) is 89.3 Å². The van der Waals surface area contributed by atoms with Crippen LogP contribution in [0.15, 0.2) is 48.5 Å². The number of nitrogens with one attached hydrogen (secondary N) is 1. The van der Waals surface area contributed by atoms with Crippen LogP contribution in [0, 0.1) is 0 Å². The molecule has 152 valence electrons. The molecule has 3 nitrogen and oxygen atoms in total. The summed E-state index contributed by atoms with van der Waals surface area (Å²) in [6.07, 6.45) is 3.18. The Bertz CT molecular complexity index is 1030. The lowest BCUT2D eigenvalue weighted by Gasteiger charge is -2.51. The first kappa shape index (κ1) is 19.8. The normalized spacial score (nSPS) is 24.1. The Hall–Kier alpha value is -2.55. The maximum absolute atomic E-state index is 12.5. The number of hydrogen-bond acceptors (Lipinski definition) is 2. The molecule has 2 aromatic carbocycles. The second kappa shape index (κ2) is 6.22. The number of fused-ring (bicyclic) bond motifs is 2. The number of carbonyl (C=O) groups is 1. The molecule has 1 N–H and O–H groups in total. The van der Waals surface area contributed by atoms with Gasteiger partial charge in [0.2, 0.25) is 5.91 Å². The fraction of sp³-hybridized carbons (Fsp3) is 0.423. The third-order valence-electron chi connectivity index (χ3n) is 6.56. The molecule has 0 saturated heterocycles. The number of hydrogen-bond donors (Lipinski definition) is 1. The lowest BCUT2D eigenvalue weighted by molar-refractivity contribution is -0.117. The van der Waals surface area contributed by atoms with Gasteiger partial charge < -0.3 is 10.2 Å². The van der Waals surface area contributed by atoms with Crippen LogP contribution < -0.4 is 10.2 Å². The minimum Gasteiger partial charge on any atom is -0.376 e. The fourth-order valence-corrected chi connectivity index (χ4v) is 5.68. The minimum atomic E-state index is -0.268. The predicted octanol–water partition coefficient (Wildman–Crippen LogP) is 6.14. The van der Waals surface area contributed by atoms with Crippen molar-refractivity contribution in [2.45, 2.75) is 71.4 Å². The Balaban J connectivity index is 1.90. The zero-order valence-corrected chi connectivity index (χ0v) is 18.7. The van der Waals surface area contributed by atoms with Crippen molar-refractivity contribution in [3.05, 3.63) is 65.2 Å². The largest absolute Gasteiger partial charge is 0.376 e. The van der Waals surface area contributed by atoms with Crippen molar-refractivity contribution in [1.82, 2.24) is 0 Å². The second-order valence-corrected chi connectivity index (χ2v) is 10.1. The summed E-state index contributed by atoms with van der Waals surface area (Å²) in [6, 6.07) is 15.2. The number of para-hydroxylation sites is 1. The smallest absolute Gasteiger partial charge is 0.224 e. The Kier molecular flexibility index (Phi) is 4.24. The molecule has 0 fully saturated rings. The van der Waals surface area contributed by atoms with Gasteiger partial charge in [0.1, 0.15) is 0 Å². The van der Waals surface area contributed by atoms with Crippen LogP contribution in [0.5, 0.6) is 0 Å².